The Morgan fingerprint density at radius 2 is 1.89 bits per heavy atom. The van der Waals surface area contributed by atoms with Crippen molar-refractivity contribution in [1.82, 2.24) is 5.32 Å². The van der Waals surface area contributed by atoms with Gasteiger partial charge in [-0.2, -0.15) is 0 Å². The Balaban J connectivity index is 0.00000342. The van der Waals surface area contributed by atoms with Gasteiger partial charge in [0.2, 0.25) is 0 Å². The summed E-state index contributed by atoms with van der Waals surface area (Å²) < 4.78 is 24.2. The fraction of sp³-hybridized carbons (Fsp3) is 0.269. The van der Waals surface area contributed by atoms with Gasteiger partial charge < -0.3 is 25.2 Å². The summed E-state index contributed by atoms with van der Waals surface area (Å²) in [5.41, 5.74) is 2.34. The molecule has 2 aliphatic rings. The molecule has 0 saturated heterocycles. The van der Waals surface area contributed by atoms with Gasteiger partial charge in [-0.05, 0) is 55.8 Å². The van der Waals surface area contributed by atoms with Gasteiger partial charge in [-0.1, -0.05) is 19.6 Å². The van der Waals surface area contributed by atoms with Crippen LogP contribution in [0.2, 0.25) is 0 Å². The Hall–Kier alpha value is -3.98. The highest BCUT2D eigenvalue weighted by Crippen LogP contribution is 2.44. The molecule has 3 N–H and O–H groups in total. The number of hydrogen-bond acceptors (Lipinski definition) is 6. The molecule has 184 valence electrons. The lowest BCUT2D eigenvalue weighted by molar-refractivity contribution is -0.143. The predicted molar refractivity (Wildman–Crippen MR) is 129 cm³/mol. The van der Waals surface area contributed by atoms with Crippen molar-refractivity contribution < 1.29 is 33.4 Å². The van der Waals surface area contributed by atoms with E-state index in [0.717, 1.165) is 11.1 Å². The van der Waals surface area contributed by atoms with Crippen LogP contribution in [-0.4, -0.2) is 48.2 Å². The van der Waals surface area contributed by atoms with Crippen LogP contribution >= 0.6 is 0 Å². The van der Waals surface area contributed by atoms with Crippen molar-refractivity contribution in [3.05, 3.63) is 76.8 Å². The summed E-state index contributed by atoms with van der Waals surface area (Å²) in [4.78, 5) is 36.6. The minimum absolute atomic E-state index is 0. The van der Waals surface area contributed by atoms with E-state index >= 15 is 0 Å². The van der Waals surface area contributed by atoms with E-state index in [4.69, 9.17) is 4.74 Å². The minimum Gasteiger partial charge on any atom is -0.482 e. The molecular weight excluding hydrogens is 455 g/mol. The first kappa shape index (κ1) is 25.6. The van der Waals surface area contributed by atoms with E-state index < -0.39 is 35.9 Å². The van der Waals surface area contributed by atoms with Gasteiger partial charge in [0.25, 0.3) is 11.8 Å². The van der Waals surface area contributed by atoms with Gasteiger partial charge in [-0.15, -0.1) is 0 Å². The van der Waals surface area contributed by atoms with E-state index in [2.05, 4.69) is 15.4 Å². The highest BCUT2D eigenvalue weighted by atomic mass is 19.1. The summed E-state index contributed by atoms with van der Waals surface area (Å²) in [6.45, 7) is 3.12. The molecule has 2 aromatic rings. The molecule has 0 radical (unpaired) electrons. The van der Waals surface area contributed by atoms with Crippen molar-refractivity contribution >= 4 is 34.6 Å². The third kappa shape index (κ3) is 4.81. The van der Waals surface area contributed by atoms with Gasteiger partial charge in [0.1, 0.15) is 17.2 Å². The largest absolute Gasteiger partial charge is 0.482 e. The van der Waals surface area contributed by atoms with E-state index in [-0.39, 0.29) is 18.9 Å². The Morgan fingerprint density at radius 3 is 2.51 bits per heavy atom. The molecule has 2 heterocycles. The molecule has 4 rings (SSSR count). The number of carbonyl (C=O) groups is 3. The van der Waals surface area contributed by atoms with Crippen molar-refractivity contribution in [2.45, 2.75) is 32.9 Å². The summed E-state index contributed by atoms with van der Waals surface area (Å²) in [6, 6.07) is 9.54. The molecule has 9 heteroatoms. The number of ether oxygens (including phenoxy) is 2. The monoisotopic (exact) mass is 482 g/mol. The maximum Gasteiger partial charge on any atom is 0.330 e. The van der Waals surface area contributed by atoms with Gasteiger partial charge in [-0.25, -0.2) is 9.18 Å². The highest BCUT2D eigenvalue weighted by Gasteiger charge is 2.38. The lowest BCUT2D eigenvalue weighted by Crippen LogP contribution is -2.44. The molecule has 0 aromatic heterocycles. The standard InChI is InChI=1S/C25H23FN2O6.CH4/c1-25(2)17(11-20(34-25)21-16-9-8-15(26)10-18(16)27-23(21)31)13-4-6-14(7-5-13)22(30)28-19(12-29)24(32)33-3;/h4-11,19,29H,12H2,1-3H3,(H,27,31)(H,28,30);1H4/b21-20+;/t19-;/m0./s1. The molecule has 35 heavy (non-hydrogen) atoms. The fourth-order valence-corrected chi connectivity index (χ4v) is 3.97. The average molecular weight is 483 g/mol. The SMILES string of the molecule is C.COC(=O)[C@H](CO)NC(=O)c1ccc(C2=C/C(=C3\C(=O)Nc4cc(F)ccc43)OC2(C)C)cc1. The quantitative estimate of drug-likeness (QED) is 0.445. The van der Waals surface area contributed by atoms with Crippen LogP contribution in [0.25, 0.3) is 11.1 Å². The summed E-state index contributed by atoms with van der Waals surface area (Å²) in [5.74, 6) is -1.74. The number of fused-ring (bicyclic) bond motifs is 1. The predicted octanol–water partition coefficient (Wildman–Crippen LogP) is 3.28. The maximum absolute atomic E-state index is 13.6. The van der Waals surface area contributed by atoms with Crippen LogP contribution in [0.1, 0.15) is 42.8 Å². The van der Waals surface area contributed by atoms with Crippen LogP contribution in [-0.2, 0) is 19.1 Å². The lowest BCUT2D eigenvalue weighted by Gasteiger charge is -2.23. The van der Waals surface area contributed by atoms with Crippen molar-refractivity contribution in [2.24, 2.45) is 0 Å². The van der Waals surface area contributed by atoms with E-state index in [1.54, 1.807) is 30.3 Å². The van der Waals surface area contributed by atoms with Crippen molar-refractivity contribution in [2.75, 3.05) is 19.0 Å². The molecular formula is C26H27FN2O6. The van der Waals surface area contributed by atoms with Crippen molar-refractivity contribution in [3.63, 3.8) is 0 Å². The Labute approximate surface area is 202 Å². The van der Waals surface area contributed by atoms with E-state index in [1.165, 1.54) is 25.3 Å². The van der Waals surface area contributed by atoms with Gasteiger partial charge >= 0.3 is 5.97 Å². The molecule has 1 atom stereocenters. The van der Waals surface area contributed by atoms with Gasteiger partial charge in [0.15, 0.2) is 6.04 Å². The zero-order chi connectivity index (χ0) is 24.6. The number of anilines is 1. The Kier molecular flexibility index (Phi) is 7.11. The summed E-state index contributed by atoms with van der Waals surface area (Å²) >= 11 is 0. The number of amides is 2. The van der Waals surface area contributed by atoms with Crippen molar-refractivity contribution in [3.8, 4) is 0 Å². The Morgan fingerprint density at radius 1 is 1.20 bits per heavy atom. The first-order valence-electron chi connectivity index (χ1n) is 10.5. The molecule has 0 bridgehead atoms. The number of halogens is 1. The maximum atomic E-state index is 13.6. The number of allylic oxidation sites excluding steroid dienone is 1. The molecule has 0 spiro atoms. The third-order valence-electron chi connectivity index (χ3n) is 5.69. The normalized spacial score (nSPS) is 18.4. The topological polar surface area (TPSA) is 114 Å². The number of aliphatic hydroxyl groups is 1. The number of benzene rings is 2. The second-order valence-electron chi connectivity index (χ2n) is 8.36. The number of nitrogens with one attached hydrogen (secondary N) is 2. The number of hydrogen-bond donors (Lipinski definition) is 3. The molecule has 0 aliphatic carbocycles. The molecule has 2 aromatic carbocycles. The molecule has 0 unspecified atom stereocenters. The molecule has 2 amide bonds. The Bertz CT molecular complexity index is 1250. The number of carbonyl (C=O) groups excluding carboxylic acids is 3. The van der Waals surface area contributed by atoms with E-state index in [0.29, 0.717) is 22.6 Å². The smallest absolute Gasteiger partial charge is 0.330 e. The molecule has 0 fully saturated rings. The van der Waals surface area contributed by atoms with Gasteiger partial charge in [0, 0.05) is 16.7 Å². The number of esters is 1. The first-order valence-corrected chi connectivity index (χ1v) is 10.5. The van der Waals surface area contributed by atoms with Crippen molar-refractivity contribution in [1.29, 1.82) is 0 Å². The summed E-state index contributed by atoms with van der Waals surface area (Å²) in [7, 11) is 1.17. The third-order valence-corrected chi connectivity index (χ3v) is 5.69. The number of rotatable bonds is 5. The van der Waals surface area contributed by atoms with Gasteiger partial charge in [0.05, 0.1) is 25.0 Å². The van der Waals surface area contributed by atoms with Crippen LogP contribution in [0.15, 0.2) is 54.3 Å². The lowest BCUT2D eigenvalue weighted by atomic mass is 9.91. The van der Waals surface area contributed by atoms with Crippen LogP contribution in [0.5, 0.6) is 0 Å². The van der Waals surface area contributed by atoms with Crippen LogP contribution in [0.4, 0.5) is 10.1 Å². The average Bonchev–Trinajstić information content (AvgIpc) is 3.30. The van der Waals surface area contributed by atoms with E-state index in [9.17, 15) is 23.9 Å². The highest BCUT2D eigenvalue weighted by molar-refractivity contribution is 6.32. The molecule has 2 aliphatic heterocycles. The summed E-state index contributed by atoms with van der Waals surface area (Å²) in [5, 5.41) is 14.4. The molecule has 8 nitrogen and oxygen atoms in total. The van der Waals surface area contributed by atoms with Crippen LogP contribution in [0, 0.1) is 5.82 Å². The zero-order valence-corrected chi connectivity index (χ0v) is 18.8. The zero-order valence-electron chi connectivity index (χ0n) is 18.8. The second kappa shape index (κ2) is 9.71. The van der Waals surface area contributed by atoms with Crippen LogP contribution < -0.4 is 10.6 Å². The van der Waals surface area contributed by atoms with E-state index in [1.807, 2.05) is 13.8 Å². The summed E-state index contributed by atoms with van der Waals surface area (Å²) in [6.07, 6.45) is 1.77. The second-order valence-corrected chi connectivity index (χ2v) is 8.36. The number of methoxy groups -OCH3 is 1. The van der Waals surface area contributed by atoms with Crippen LogP contribution in [0.3, 0.4) is 0 Å². The fourth-order valence-electron chi connectivity index (χ4n) is 3.97. The van der Waals surface area contributed by atoms with Gasteiger partial charge in [-0.3, -0.25) is 9.59 Å². The number of aliphatic hydroxyl groups excluding tert-OH is 1. The minimum atomic E-state index is -1.16. The molecule has 0 saturated carbocycles. The first-order chi connectivity index (χ1) is 16.1.